The number of aromatic nitrogens is 2. The zero-order valence-corrected chi connectivity index (χ0v) is 12.5. The second-order valence-electron chi connectivity index (χ2n) is 4.74. The Morgan fingerprint density at radius 3 is 2.53 bits per heavy atom. The maximum absolute atomic E-state index is 5.69. The Hall–Kier alpha value is -1.32. The first-order chi connectivity index (χ1) is 9.30. The van der Waals surface area contributed by atoms with Crippen molar-refractivity contribution >= 4 is 5.82 Å². The number of unbranched alkanes of at least 4 members (excludes halogenated alkanes) is 2. The molecule has 0 unspecified atom stereocenters. The molecule has 0 spiro atoms. The highest BCUT2D eigenvalue weighted by Crippen LogP contribution is 2.15. The lowest BCUT2D eigenvalue weighted by atomic mass is 10.3. The fourth-order valence-corrected chi connectivity index (χ4v) is 1.69. The van der Waals surface area contributed by atoms with Crippen LogP contribution in [-0.4, -0.2) is 23.1 Å². The molecule has 0 saturated carbocycles. The molecule has 108 valence electrons. The van der Waals surface area contributed by atoms with Crippen LogP contribution in [0.15, 0.2) is 6.07 Å². The van der Waals surface area contributed by atoms with Crippen molar-refractivity contribution < 1.29 is 4.74 Å². The minimum atomic E-state index is 0.700. The van der Waals surface area contributed by atoms with Gasteiger partial charge in [-0.1, -0.05) is 33.6 Å². The third kappa shape index (κ3) is 6.41. The van der Waals surface area contributed by atoms with Crippen LogP contribution in [0.1, 0.15) is 58.7 Å². The molecular weight excluding hydrogens is 238 g/mol. The molecule has 0 fully saturated rings. The molecule has 0 radical (unpaired) electrons. The molecule has 1 aromatic rings. The molecule has 19 heavy (non-hydrogen) atoms. The molecule has 1 heterocycles. The van der Waals surface area contributed by atoms with Crippen LogP contribution in [0.3, 0.4) is 0 Å². The lowest BCUT2D eigenvalue weighted by molar-refractivity contribution is 0.296. The molecule has 0 aliphatic carbocycles. The molecule has 0 aromatic carbocycles. The van der Waals surface area contributed by atoms with Gasteiger partial charge in [0.15, 0.2) is 0 Å². The molecule has 1 N–H and O–H groups in total. The van der Waals surface area contributed by atoms with Crippen LogP contribution in [0.2, 0.25) is 0 Å². The Bertz CT molecular complexity index is 327. The summed E-state index contributed by atoms with van der Waals surface area (Å²) in [6, 6.07) is 1.91. The number of nitrogens with one attached hydrogen (secondary N) is 1. The Kier molecular flexibility index (Phi) is 7.94. The first-order valence-corrected chi connectivity index (χ1v) is 7.54. The summed E-state index contributed by atoms with van der Waals surface area (Å²) in [5.41, 5.74) is 0. The summed E-state index contributed by atoms with van der Waals surface area (Å²) >= 11 is 0. The van der Waals surface area contributed by atoms with Crippen LogP contribution in [0.4, 0.5) is 5.82 Å². The van der Waals surface area contributed by atoms with Gasteiger partial charge in [0.05, 0.1) is 6.61 Å². The molecule has 0 aliphatic rings. The average molecular weight is 265 g/mol. The number of hydrogen-bond acceptors (Lipinski definition) is 4. The van der Waals surface area contributed by atoms with Gasteiger partial charge >= 0.3 is 0 Å². The van der Waals surface area contributed by atoms with Gasteiger partial charge in [-0.15, -0.1) is 0 Å². The number of rotatable bonds is 10. The highest BCUT2D eigenvalue weighted by Gasteiger charge is 2.05. The maximum Gasteiger partial charge on any atom is 0.218 e. The van der Waals surface area contributed by atoms with E-state index in [-0.39, 0.29) is 0 Å². The number of hydrogen-bond donors (Lipinski definition) is 1. The fourth-order valence-electron chi connectivity index (χ4n) is 1.69. The molecule has 0 bridgehead atoms. The highest BCUT2D eigenvalue weighted by atomic mass is 16.5. The van der Waals surface area contributed by atoms with Crippen LogP contribution in [-0.2, 0) is 6.42 Å². The molecule has 4 nitrogen and oxygen atoms in total. The molecule has 0 atom stereocenters. The summed E-state index contributed by atoms with van der Waals surface area (Å²) in [7, 11) is 0. The van der Waals surface area contributed by atoms with Gasteiger partial charge in [0.2, 0.25) is 5.88 Å². The molecule has 0 amide bonds. The van der Waals surface area contributed by atoms with Crippen LogP contribution in [0.5, 0.6) is 5.88 Å². The summed E-state index contributed by atoms with van der Waals surface area (Å²) in [4.78, 5) is 8.97. The SMILES string of the molecule is CCCCNc1cc(OCCCC)nc(CCC)n1. The monoisotopic (exact) mass is 265 g/mol. The standard InChI is InChI=1S/C15H27N3O/c1-4-7-10-16-14-12-15(19-11-8-5-2)18-13(17-14)9-6-3/h12H,4-11H2,1-3H3,(H,16,17,18). The first-order valence-electron chi connectivity index (χ1n) is 7.54. The Balaban J connectivity index is 2.66. The quantitative estimate of drug-likeness (QED) is 0.653. The van der Waals surface area contributed by atoms with E-state index in [0.29, 0.717) is 5.88 Å². The van der Waals surface area contributed by atoms with E-state index in [1.54, 1.807) is 0 Å². The van der Waals surface area contributed by atoms with Crippen molar-refractivity contribution in [1.29, 1.82) is 0 Å². The van der Waals surface area contributed by atoms with E-state index in [0.717, 1.165) is 56.9 Å². The highest BCUT2D eigenvalue weighted by molar-refractivity contribution is 5.38. The normalized spacial score (nSPS) is 10.5. The predicted octanol–water partition coefficient (Wildman–Crippen LogP) is 3.82. The smallest absolute Gasteiger partial charge is 0.218 e. The summed E-state index contributed by atoms with van der Waals surface area (Å²) in [5.74, 6) is 2.46. The average Bonchev–Trinajstić information content (AvgIpc) is 2.40. The zero-order chi connectivity index (χ0) is 13.9. The predicted molar refractivity (Wildman–Crippen MR) is 79.8 cm³/mol. The Morgan fingerprint density at radius 1 is 1.05 bits per heavy atom. The van der Waals surface area contributed by atoms with E-state index in [9.17, 15) is 0 Å². The largest absolute Gasteiger partial charge is 0.478 e. The van der Waals surface area contributed by atoms with Crippen molar-refractivity contribution in [2.24, 2.45) is 0 Å². The van der Waals surface area contributed by atoms with E-state index in [1.807, 2.05) is 6.07 Å². The van der Waals surface area contributed by atoms with Gasteiger partial charge in [-0.05, 0) is 19.3 Å². The number of nitrogens with zero attached hydrogens (tertiary/aromatic N) is 2. The Labute approximate surface area is 117 Å². The van der Waals surface area contributed by atoms with Gasteiger partial charge in [-0.2, -0.15) is 4.98 Å². The van der Waals surface area contributed by atoms with Crippen molar-refractivity contribution in [3.63, 3.8) is 0 Å². The number of ether oxygens (including phenoxy) is 1. The minimum Gasteiger partial charge on any atom is -0.478 e. The third-order valence-corrected chi connectivity index (χ3v) is 2.81. The van der Waals surface area contributed by atoms with Gasteiger partial charge in [0, 0.05) is 19.0 Å². The van der Waals surface area contributed by atoms with Crippen LogP contribution in [0, 0.1) is 0 Å². The summed E-state index contributed by atoms with van der Waals surface area (Å²) in [6.07, 6.45) is 6.47. The molecule has 1 aromatic heterocycles. The van der Waals surface area contributed by atoms with E-state index in [1.165, 1.54) is 6.42 Å². The number of aryl methyl sites for hydroxylation is 1. The van der Waals surface area contributed by atoms with Gasteiger partial charge in [0.1, 0.15) is 11.6 Å². The minimum absolute atomic E-state index is 0.700. The lowest BCUT2D eigenvalue weighted by Gasteiger charge is -2.10. The number of anilines is 1. The van der Waals surface area contributed by atoms with Crippen molar-refractivity contribution in [1.82, 2.24) is 9.97 Å². The summed E-state index contributed by atoms with van der Waals surface area (Å²) in [6.45, 7) is 8.16. The summed E-state index contributed by atoms with van der Waals surface area (Å²) in [5, 5.41) is 3.34. The fraction of sp³-hybridized carbons (Fsp3) is 0.733. The van der Waals surface area contributed by atoms with Crippen molar-refractivity contribution in [3.05, 3.63) is 11.9 Å². The third-order valence-electron chi connectivity index (χ3n) is 2.81. The van der Waals surface area contributed by atoms with Gasteiger partial charge in [-0.25, -0.2) is 4.98 Å². The van der Waals surface area contributed by atoms with Crippen LogP contribution >= 0.6 is 0 Å². The second-order valence-corrected chi connectivity index (χ2v) is 4.74. The van der Waals surface area contributed by atoms with Crippen LogP contribution < -0.4 is 10.1 Å². The zero-order valence-electron chi connectivity index (χ0n) is 12.5. The van der Waals surface area contributed by atoms with E-state index in [2.05, 4.69) is 36.1 Å². The van der Waals surface area contributed by atoms with E-state index >= 15 is 0 Å². The topological polar surface area (TPSA) is 47.0 Å². The van der Waals surface area contributed by atoms with E-state index < -0.39 is 0 Å². The van der Waals surface area contributed by atoms with Gasteiger partial charge in [0.25, 0.3) is 0 Å². The lowest BCUT2D eigenvalue weighted by Crippen LogP contribution is -2.08. The van der Waals surface area contributed by atoms with Gasteiger partial charge < -0.3 is 10.1 Å². The van der Waals surface area contributed by atoms with Crippen molar-refractivity contribution in [2.45, 2.75) is 59.3 Å². The van der Waals surface area contributed by atoms with E-state index in [4.69, 9.17) is 4.74 Å². The first kappa shape index (κ1) is 15.7. The molecule has 0 saturated heterocycles. The second kappa shape index (κ2) is 9.59. The molecular formula is C15H27N3O. The molecule has 1 rings (SSSR count). The van der Waals surface area contributed by atoms with Gasteiger partial charge in [-0.3, -0.25) is 0 Å². The van der Waals surface area contributed by atoms with Crippen molar-refractivity contribution in [2.75, 3.05) is 18.5 Å². The molecule has 4 heteroatoms. The maximum atomic E-state index is 5.69. The Morgan fingerprint density at radius 2 is 1.84 bits per heavy atom. The summed E-state index contributed by atoms with van der Waals surface area (Å²) < 4.78 is 5.69. The van der Waals surface area contributed by atoms with Crippen molar-refractivity contribution in [3.8, 4) is 5.88 Å². The van der Waals surface area contributed by atoms with Crippen LogP contribution in [0.25, 0.3) is 0 Å². The molecule has 0 aliphatic heterocycles.